The van der Waals surface area contributed by atoms with E-state index < -0.39 is 7.14 Å². The summed E-state index contributed by atoms with van der Waals surface area (Å²) in [6.45, 7) is 0. The summed E-state index contributed by atoms with van der Waals surface area (Å²) in [5.74, 6) is 2.22. The van der Waals surface area contributed by atoms with Crippen molar-refractivity contribution in [3.05, 3.63) is 91.0 Å². The summed E-state index contributed by atoms with van der Waals surface area (Å²) in [6.07, 6.45) is 0. The number of hydrogen-bond acceptors (Lipinski definition) is 0. The zero-order valence-electron chi connectivity index (χ0n) is 11.6. The normalized spacial score (nSPS) is 11.3. The molecule has 2 radical (unpaired) electrons. The molecule has 0 atom stereocenters. The van der Waals surface area contributed by atoms with E-state index in [0.29, 0.717) is 0 Å². The fourth-order valence-corrected chi connectivity index (χ4v) is 7.89. The minimum absolute atomic E-state index is 1.36. The Labute approximate surface area is 135 Å². The van der Waals surface area contributed by atoms with E-state index >= 15 is 0 Å². The summed E-state index contributed by atoms with van der Waals surface area (Å²) in [6, 6.07) is 32.3. The first-order valence-corrected chi connectivity index (χ1v) is 9.65. The third-order valence-electron chi connectivity index (χ3n) is 3.64. The van der Waals surface area contributed by atoms with Gasteiger partial charge >= 0.3 is 0 Å². The van der Waals surface area contributed by atoms with Gasteiger partial charge in [0.05, 0.1) is 15.9 Å². The highest BCUT2D eigenvalue weighted by Gasteiger charge is 2.33. The summed E-state index contributed by atoms with van der Waals surface area (Å²) in [5.41, 5.74) is 0. The second kappa shape index (κ2) is 6.60. The molecular weight excluding hydrogens is 338 g/mol. The van der Waals surface area contributed by atoms with Crippen LogP contribution in [0.15, 0.2) is 91.0 Å². The van der Waals surface area contributed by atoms with Crippen LogP contribution in [0.4, 0.5) is 0 Å². The van der Waals surface area contributed by atoms with Gasteiger partial charge in [-0.25, -0.2) is 0 Å². The summed E-state index contributed by atoms with van der Waals surface area (Å²) >= 11 is 3.71. The highest BCUT2D eigenvalue weighted by atomic mass is 79.9. The van der Waals surface area contributed by atoms with Crippen LogP contribution in [0.5, 0.6) is 0 Å². The fourth-order valence-electron chi connectivity index (χ4n) is 2.61. The Morgan fingerprint density at radius 3 is 1.05 bits per heavy atom. The quantitative estimate of drug-likeness (QED) is 0.493. The van der Waals surface area contributed by atoms with Gasteiger partial charge in [0.15, 0.2) is 0 Å². The Balaban J connectivity index is 2.29. The Hall–Kier alpha value is -1.37. The molecule has 0 saturated carbocycles. The molecule has 0 aromatic heterocycles. The van der Waals surface area contributed by atoms with Gasteiger partial charge in [0, 0.05) is 5.82 Å². The molecule has 3 aromatic rings. The van der Waals surface area contributed by atoms with Crippen molar-refractivity contribution in [2.75, 3.05) is 0 Å². The first-order valence-electron chi connectivity index (χ1n) is 6.88. The summed E-state index contributed by atoms with van der Waals surface area (Å²) in [4.78, 5) is 0. The number of halogens is 1. The number of hydrogen-bond donors (Lipinski definition) is 0. The van der Waals surface area contributed by atoms with E-state index in [9.17, 15) is 0 Å². The van der Waals surface area contributed by atoms with Gasteiger partial charge in [0.1, 0.15) is 0 Å². The van der Waals surface area contributed by atoms with Gasteiger partial charge < -0.3 is 15.8 Å². The highest BCUT2D eigenvalue weighted by molar-refractivity contribution is 9.27. The zero-order valence-corrected chi connectivity index (χ0v) is 14.0. The molecule has 0 aliphatic rings. The molecule has 3 rings (SSSR count). The molecule has 21 heavy (non-hydrogen) atoms. The molecule has 3 heteroatoms. The smallest absolute Gasteiger partial charge is 0.0555 e. The molecule has 0 bridgehead atoms. The average molecular weight is 353 g/mol. The predicted molar refractivity (Wildman–Crippen MR) is 99.8 cm³/mol. The molecule has 0 fully saturated rings. The molecule has 0 heterocycles. The number of benzene rings is 3. The van der Waals surface area contributed by atoms with E-state index in [0.717, 1.165) is 0 Å². The minimum Gasteiger partial charge on any atom is -0.379 e. The first-order chi connectivity index (χ1) is 10.4. The Morgan fingerprint density at radius 1 is 0.524 bits per heavy atom. The largest absolute Gasteiger partial charge is 0.379 e. The van der Waals surface area contributed by atoms with Crippen LogP contribution in [0, 0.1) is 0 Å². The van der Waals surface area contributed by atoms with Crippen LogP contribution in [0.25, 0.3) is 0 Å². The van der Waals surface area contributed by atoms with Crippen LogP contribution in [0.3, 0.4) is 0 Å². The SMILES string of the molecule is Br[B-][P+](c1ccccc1)(c1ccccc1)c1ccccc1. The molecule has 0 unspecified atom stereocenters. The molecule has 0 aliphatic carbocycles. The average Bonchev–Trinajstić information content (AvgIpc) is 2.59. The van der Waals surface area contributed by atoms with E-state index in [1.165, 1.54) is 15.9 Å². The highest BCUT2D eigenvalue weighted by Crippen LogP contribution is 2.54. The monoisotopic (exact) mass is 352 g/mol. The third-order valence-corrected chi connectivity index (χ3v) is 9.11. The maximum absolute atomic E-state index is 3.71. The summed E-state index contributed by atoms with van der Waals surface area (Å²) < 4.78 is 0. The van der Waals surface area contributed by atoms with Gasteiger partial charge in [-0.05, 0) is 36.4 Å². The van der Waals surface area contributed by atoms with E-state index in [2.05, 4.69) is 113 Å². The van der Waals surface area contributed by atoms with Gasteiger partial charge in [-0.1, -0.05) is 61.7 Å². The first kappa shape index (κ1) is 14.6. The molecule has 102 valence electrons. The van der Waals surface area contributed by atoms with Crippen molar-refractivity contribution >= 4 is 44.6 Å². The van der Waals surface area contributed by atoms with Crippen molar-refractivity contribution in [1.82, 2.24) is 0 Å². The van der Waals surface area contributed by atoms with Crippen LogP contribution in [0.2, 0.25) is 0 Å². The zero-order chi connectivity index (χ0) is 14.5. The molecule has 0 spiro atoms. The Bertz CT molecular complexity index is 590. The van der Waals surface area contributed by atoms with Crippen molar-refractivity contribution in [3.8, 4) is 0 Å². The number of rotatable bonds is 4. The van der Waals surface area contributed by atoms with E-state index in [-0.39, 0.29) is 0 Å². The predicted octanol–water partition coefficient (Wildman–Crippen LogP) is 3.91. The van der Waals surface area contributed by atoms with Gasteiger partial charge in [-0.15, -0.1) is 0 Å². The van der Waals surface area contributed by atoms with Crippen molar-refractivity contribution in [1.29, 1.82) is 0 Å². The van der Waals surface area contributed by atoms with Crippen LogP contribution in [-0.4, -0.2) is 5.82 Å². The van der Waals surface area contributed by atoms with Crippen molar-refractivity contribution in [3.63, 3.8) is 0 Å². The van der Waals surface area contributed by atoms with E-state index in [1.807, 2.05) is 0 Å². The molecule has 3 aromatic carbocycles. The summed E-state index contributed by atoms with van der Waals surface area (Å²) in [5, 5.41) is 4.08. The van der Waals surface area contributed by atoms with Crippen LogP contribution >= 0.6 is 22.9 Å². The molecular formula is C18H15BBrP. The lowest BCUT2D eigenvalue weighted by atomic mass is 10.3. The third kappa shape index (κ3) is 2.71. The molecule has 0 saturated heterocycles. The molecule has 0 N–H and O–H groups in total. The fraction of sp³-hybridized carbons (Fsp3) is 0. The Kier molecular flexibility index (Phi) is 4.58. The Morgan fingerprint density at radius 2 is 0.810 bits per heavy atom. The van der Waals surface area contributed by atoms with E-state index in [1.54, 1.807) is 0 Å². The van der Waals surface area contributed by atoms with Gasteiger partial charge in [-0.3, -0.25) is 0 Å². The lowest BCUT2D eigenvalue weighted by Crippen LogP contribution is -2.33. The maximum atomic E-state index is 3.71. The van der Waals surface area contributed by atoms with Crippen molar-refractivity contribution in [2.45, 2.75) is 0 Å². The van der Waals surface area contributed by atoms with E-state index in [4.69, 9.17) is 0 Å². The molecule has 0 aliphatic heterocycles. The minimum atomic E-state index is -1.74. The topological polar surface area (TPSA) is 0 Å². The van der Waals surface area contributed by atoms with Crippen molar-refractivity contribution in [2.24, 2.45) is 0 Å². The summed E-state index contributed by atoms with van der Waals surface area (Å²) in [7, 11) is -1.74. The molecule has 0 nitrogen and oxygen atoms in total. The lowest BCUT2D eigenvalue weighted by Gasteiger charge is -2.36. The second-order valence-electron chi connectivity index (χ2n) is 4.83. The van der Waals surface area contributed by atoms with Crippen LogP contribution in [0.1, 0.15) is 0 Å². The van der Waals surface area contributed by atoms with Gasteiger partial charge in [0.25, 0.3) is 0 Å². The van der Waals surface area contributed by atoms with Crippen LogP contribution in [-0.2, 0) is 0 Å². The molecule has 0 amide bonds. The second-order valence-corrected chi connectivity index (χ2v) is 9.25. The van der Waals surface area contributed by atoms with Gasteiger partial charge in [0.2, 0.25) is 0 Å². The van der Waals surface area contributed by atoms with Gasteiger partial charge in [-0.2, -0.15) is 0 Å². The van der Waals surface area contributed by atoms with Crippen molar-refractivity contribution < 1.29 is 0 Å². The maximum Gasteiger partial charge on any atom is 0.0555 e. The van der Waals surface area contributed by atoms with Crippen LogP contribution < -0.4 is 15.9 Å². The standard InChI is InChI=1S/C18H15BBrP/c20-19-21(16-10-4-1-5-11-16,17-12-6-2-7-13-17)18-14-8-3-9-15-18/h1-15H. The lowest BCUT2D eigenvalue weighted by molar-refractivity contribution is 1.73.